The van der Waals surface area contributed by atoms with Crippen molar-refractivity contribution in [1.82, 2.24) is 19.5 Å². The van der Waals surface area contributed by atoms with Crippen LogP contribution in [-0.2, 0) is 17.6 Å². The highest BCUT2D eigenvalue weighted by molar-refractivity contribution is 6.30. The number of H-pyrrole nitrogens is 1. The summed E-state index contributed by atoms with van der Waals surface area (Å²) in [5, 5.41) is 60.3. The number of rotatable bonds is 4. The van der Waals surface area contributed by atoms with Crippen molar-refractivity contribution in [2.75, 3.05) is 11.9 Å². The van der Waals surface area contributed by atoms with Gasteiger partial charge in [0.1, 0.15) is 18.1 Å². The first-order chi connectivity index (χ1) is 20.4. The number of hydrogen-bond donors (Lipinski definition) is 7. The Balaban J connectivity index is 1.31. The van der Waals surface area contributed by atoms with Gasteiger partial charge in [-0.3, -0.25) is 14.3 Å². The highest BCUT2D eigenvalue weighted by Gasteiger charge is 2.35. The van der Waals surface area contributed by atoms with Crippen LogP contribution in [0.5, 0.6) is 17.2 Å². The molecular weight excluding hydrogens is 542 g/mol. The number of aromatic hydroxyl groups is 3. The van der Waals surface area contributed by atoms with Crippen molar-refractivity contribution < 1.29 is 30.3 Å². The summed E-state index contributed by atoms with van der Waals surface area (Å²) in [4.78, 5) is 24.4. The van der Waals surface area contributed by atoms with Gasteiger partial charge in [0.2, 0.25) is 5.95 Å². The zero-order chi connectivity index (χ0) is 28.9. The summed E-state index contributed by atoms with van der Waals surface area (Å²) >= 11 is 0. The highest BCUT2D eigenvalue weighted by Crippen LogP contribution is 2.54. The number of phenols is 3. The minimum atomic E-state index is -0.880. The quantitative estimate of drug-likeness (QED) is 0.123. The Morgan fingerprint density at radius 1 is 0.976 bits per heavy atom. The lowest BCUT2D eigenvalue weighted by Gasteiger charge is -2.24. The predicted octanol–water partition coefficient (Wildman–Crippen LogP) is 3.40. The number of phenolic OH excluding ortho intramolecular Hbond substituents is 3. The van der Waals surface area contributed by atoms with Crippen LogP contribution in [0.15, 0.2) is 35.4 Å². The molecule has 42 heavy (non-hydrogen) atoms. The molecule has 214 valence electrons. The Hall–Kier alpha value is -4.65. The second-order valence-electron chi connectivity index (χ2n) is 11.1. The number of ether oxygens (including phenoxy) is 1. The van der Waals surface area contributed by atoms with Crippen LogP contribution < -0.4 is 10.9 Å². The van der Waals surface area contributed by atoms with Gasteiger partial charge >= 0.3 is 0 Å². The van der Waals surface area contributed by atoms with E-state index in [2.05, 4.69) is 20.3 Å². The number of nitrogens with one attached hydrogen (secondary N) is 2. The van der Waals surface area contributed by atoms with Gasteiger partial charge < -0.3 is 35.6 Å². The molecule has 2 aliphatic rings. The first kappa shape index (κ1) is 25.1. The average molecular weight is 570 g/mol. The molecule has 12 heteroatoms. The number of aliphatic hydroxyl groups excluding tert-OH is 2. The first-order valence-corrected chi connectivity index (χ1v) is 13.9. The standard InChI is InChI=1S/C30H27N5O7/c36-10-18-17(37)9-19(42-18)35-11-31-24-28(35)33-30(34-29(24)41)32-16-8-6-12-5-7-14-13-3-1-2-4-15(13)25(38)23-21(14)20(12)22(16)26(39)27(23)40/h5-8,11,17-19,36-40H,1-4,9-10H2,(H2,32,33,34,41)/t17-,18+,19+/m0/s1. The number of hydrogen-bond acceptors (Lipinski definition) is 10. The molecule has 1 aliphatic heterocycles. The van der Waals surface area contributed by atoms with Crippen molar-refractivity contribution in [1.29, 1.82) is 0 Å². The van der Waals surface area contributed by atoms with E-state index >= 15 is 0 Å². The molecule has 2 aromatic heterocycles. The van der Waals surface area contributed by atoms with Gasteiger partial charge in [-0.2, -0.15) is 4.98 Å². The lowest BCUT2D eigenvalue weighted by atomic mass is 9.82. The molecule has 7 N–H and O–H groups in total. The van der Waals surface area contributed by atoms with Crippen LogP contribution in [0.1, 0.15) is 36.6 Å². The molecule has 4 aromatic carbocycles. The van der Waals surface area contributed by atoms with Gasteiger partial charge in [0.25, 0.3) is 5.56 Å². The molecule has 0 bridgehead atoms. The number of imidazole rings is 1. The zero-order valence-electron chi connectivity index (χ0n) is 22.3. The van der Waals surface area contributed by atoms with Crippen molar-refractivity contribution in [3.8, 4) is 17.2 Å². The molecule has 3 atom stereocenters. The third kappa shape index (κ3) is 3.36. The minimum Gasteiger partial charge on any atom is -0.507 e. The number of aliphatic hydroxyl groups is 2. The molecular formula is C30H27N5O7. The smallest absolute Gasteiger partial charge is 0.280 e. The van der Waals surface area contributed by atoms with Crippen molar-refractivity contribution in [3.05, 3.63) is 52.1 Å². The SMILES string of the molecule is O=c1[nH]c(Nc2ccc3ccc4c5c(c(O)c6c(O)c(O)c2c3c46)CCCC5)nc2c1ncn2[C@H]1C[C@H](O)[C@@H](CO)O1. The van der Waals surface area contributed by atoms with Crippen LogP contribution >= 0.6 is 0 Å². The Morgan fingerprint density at radius 2 is 1.74 bits per heavy atom. The second-order valence-corrected chi connectivity index (χ2v) is 11.1. The van der Waals surface area contributed by atoms with E-state index in [0.717, 1.165) is 41.2 Å². The van der Waals surface area contributed by atoms with E-state index < -0.39 is 35.5 Å². The summed E-state index contributed by atoms with van der Waals surface area (Å²) in [7, 11) is 0. The van der Waals surface area contributed by atoms with Crippen molar-refractivity contribution in [2.45, 2.75) is 50.5 Å². The summed E-state index contributed by atoms with van der Waals surface area (Å²) in [6.45, 7) is -0.351. The Labute approximate surface area is 236 Å². The van der Waals surface area contributed by atoms with Crippen LogP contribution in [0, 0.1) is 0 Å². The van der Waals surface area contributed by atoms with Crippen LogP contribution in [0.2, 0.25) is 0 Å². The fourth-order valence-electron chi connectivity index (χ4n) is 6.85. The van der Waals surface area contributed by atoms with Gasteiger partial charge in [0, 0.05) is 17.2 Å². The number of fused-ring (bicyclic) bond motifs is 3. The molecule has 0 saturated carbocycles. The van der Waals surface area contributed by atoms with Crippen LogP contribution in [-0.4, -0.2) is 63.9 Å². The Kier molecular flexibility index (Phi) is 5.33. The van der Waals surface area contributed by atoms with E-state index in [4.69, 9.17) is 4.74 Å². The predicted molar refractivity (Wildman–Crippen MR) is 155 cm³/mol. The Bertz CT molecular complexity index is 2120. The van der Waals surface area contributed by atoms with Crippen molar-refractivity contribution >= 4 is 55.1 Å². The van der Waals surface area contributed by atoms with Gasteiger partial charge in [-0.25, -0.2) is 4.98 Å². The number of aromatic nitrogens is 4. The fraction of sp³-hybridized carbons (Fsp3) is 0.300. The average Bonchev–Trinajstić information content (AvgIpc) is 3.59. The molecule has 1 fully saturated rings. The van der Waals surface area contributed by atoms with Crippen LogP contribution in [0.4, 0.5) is 11.6 Å². The van der Waals surface area contributed by atoms with Crippen molar-refractivity contribution in [2.24, 2.45) is 0 Å². The van der Waals surface area contributed by atoms with E-state index in [1.165, 1.54) is 10.9 Å². The molecule has 0 unspecified atom stereocenters. The number of benzene rings is 4. The number of aromatic amines is 1. The minimum absolute atomic E-state index is 0.00478. The molecule has 1 saturated heterocycles. The Morgan fingerprint density at radius 3 is 2.52 bits per heavy atom. The molecule has 6 aromatic rings. The molecule has 8 rings (SSSR count). The van der Waals surface area contributed by atoms with Crippen molar-refractivity contribution in [3.63, 3.8) is 0 Å². The number of aryl methyl sites for hydroxylation is 1. The summed E-state index contributed by atoms with van der Waals surface area (Å²) < 4.78 is 7.28. The summed E-state index contributed by atoms with van der Waals surface area (Å²) in [5.74, 6) is -0.748. The summed E-state index contributed by atoms with van der Waals surface area (Å²) in [5.41, 5.74) is 2.02. The zero-order valence-corrected chi connectivity index (χ0v) is 22.3. The van der Waals surface area contributed by atoms with Crippen LogP contribution in [0.25, 0.3) is 43.5 Å². The van der Waals surface area contributed by atoms with E-state index in [1.54, 1.807) is 6.07 Å². The third-order valence-electron chi connectivity index (χ3n) is 8.83. The van der Waals surface area contributed by atoms with E-state index in [-0.39, 0.29) is 41.3 Å². The maximum Gasteiger partial charge on any atom is 0.280 e. The van der Waals surface area contributed by atoms with Crippen LogP contribution in [0.3, 0.4) is 0 Å². The molecule has 0 radical (unpaired) electrons. The van der Waals surface area contributed by atoms with E-state index in [1.807, 2.05) is 18.2 Å². The molecule has 1 aliphatic carbocycles. The highest BCUT2D eigenvalue weighted by atomic mass is 16.5. The fourth-order valence-corrected chi connectivity index (χ4v) is 6.85. The molecule has 12 nitrogen and oxygen atoms in total. The molecule has 3 heterocycles. The summed E-state index contributed by atoms with van der Waals surface area (Å²) in [6, 6.07) is 7.56. The lowest BCUT2D eigenvalue weighted by Crippen LogP contribution is -2.24. The van der Waals surface area contributed by atoms with Gasteiger partial charge in [-0.1, -0.05) is 18.2 Å². The van der Waals surface area contributed by atoms with Gasteiger partial charge in [0.05, 0.1) is 35.5 Å². The monoisotopic (exact) mass is 569 g/mol. The maximum atomic E-state index is 13.0. The van der Waals surface area contributed by atoms with E-state index in [9.17, 15) is 30.3 Å². The van der Waals surface area contributed by atoms with E-state index in [0.29, 0.717) is 28.3 Å². The van der Waals surface area contributed by atoms with Gasteiger partial charge in [-0.05, 0) is 53.6 Å². The molecule has 0 amide bonds. The third-order valence-corrected chi connectivity index (χ3v) is 8.83. The number of anilines is 2. The lowest BCUT2D eigenvalue weighted by molar-refractivity contribution is -0.0432. The topological polar surface area (TPSA) is 186 Å². The van der Waals surface area contributed by atoms with Gasteiger partial charge in [-0.15, -0.1) is 0 Å². The largest absolute Gasteiger partial charge is 0.507 e. The maximum absolute atomic E-state index is 13.0. The summed E-state index contributed by atoms with van der Waals surface area (Å²) in [6.07, 6.45) is 2.73. The second kappa shape index (κ2) is 8.92. The van der Waals surface area contributed by atoms with Gasteiger partial charge in [0.15, 0.2) is 22.7 Å². The normalized spacial score (nSPS) is 20.8. The molecule has 0 spiro atoms. The number of nitrogens with zero attached hydrogens (tertiary/aromatic N) is 3. The first-order valence-electron chi connectivity index (χ1n) is 13.9.